The Morgan fingerprint density at radius 2 is 0.897 bits per heavy atom. The summed E-state index contributed by atoms with van der Waals surface area (Å²) in [7, 11) is 0. The van der Waals surface area contributed by atoms with Crippen LogP contribution in [0.15, 0.2) is 211 Å². The van der Waals surface area contributed by atoms with Crippen LogP contribution >= 0.6 is 11.8 Å². The minimum Gasteiger partial charge on any atom is -0.459 e. The van der Waals surface area contributed by atoms with E-state index >= 15 is 0 Å². The summed E-state index contributed by atoms with van der Waals surface area (Å²) in [4.78, 5) is 87.4. The first-order valence-corrected chi connectivity index (χ1v) is 25.9. The molecule has 0 aliphatic carbocycles. The zero-order valence-corrected chi connectivity index (χ0v) is 42.4. The van der Waals surface area contributed by atoms with E-state index in [1.54, 1.807) is 97.1 Å². The van der Waals surface area contributed by atoms with Gasteiger partial charge in [-0.1, -0.05) is 145 Å². The molecule has 3 aliphatic rings. The molecule has 1 N–H and O–H groups in total. The summed E-state index contributed by atoms with van der Waals surface area (Å²) in [5.74, 6) is -4.99. The van der Waals surface area contributed by atoms with Gasteiger partial charge in [0.15, 0.2) is 24.6 Å². The Morgan fingerprint density at radius 3 is 1.41 bits per heavy atom. The fourth-order valence-corrected chi connectivity index (χ4v) is 10.6. The SMILES string of the molecule is O=C(OC[C@H]1O[C@@H](O[C@H]2[C@H](O)[C@@H](N3C(=O)c4ccccc4C3=O)[C@H](Sc3ccccc3)O[C@@H]2COCc2ccccc2)[C@H](OC(=O)c2ccccc2)[C@@H](OC(=O)c2ccccc2)[C@H]1OC(=O)c1ccccc1)c1ccccc1. The zero-order valence-electron chi connectivity index (χ0n) is 41.5. The van der Waals surface area contributed by atoms with E-state index < -0.39 is 103 Å². The largest absolute Gasteiger partial charge is 0.459 e. The highest BCUT2D eigenvalue weighted by molar-refractivity contribution is 7.99. The number of nitrogens with zero attached hydrogens (tertiary/aromatic N) is 1. The van der Waals surface area contributed by atoms with Crippen LogP contribution < -0.4 is 0 Å². The molecule has 16 nitrogen and oxygen atoms in total. The summed E-state index contributed by atoms with van der Waals surface area (Å²) in [5.41, 5.74) is 0.252. The summed E-state index contributed by atoms with van der Waals surface area (Å²) in [5, 5.41) is 13.1. The Hall–Kier alpha value is -8.29. The maximum Gasteiger partial charge on any atom is 0.338 e. The van der Waals surface area contributed by atoms with Gasteiger partial charge in [0.2, 0.25) is 0 Å². The Balaban J connectivity index is 1.09. The smallest absolute Gasteiger partial charge is 0.338 e. The number of carbonyl (C=O) groups is 6. The van der Waals surface area contributed by atoms with Crippen LogP contribution in [0.1, 0.15) is 67.7 Å². The highest BCUT2D eigenvalue weighted by Gasteiger charge is 2.58. The van der Waals surface area contributed by atoms with Gasteiger partial charge < -0.3 is 43.0 Å². The Morgan fingerprint density at radius 1 is 0.474 bits per heavy atom. The van der Waals surface area contributed by atoms with Crippen molar-refractivity contribution in [1.29, 1.82) is 0 Å². The van der Waals surface area contributed by atoms with Crippen molar-refractivity contribution in [3.8, 4) is 0 Å². The van der Waals surface area contributed by atoms with Crippen molar-refractivity contribution in [2.24, 2.45) is 0 Å². The highest BCUT2D eigenvalue weighted by atomic mass is 32.2. The number of amides is 2. The van der Waals surface area contributed by atoms with Gasteiger partial charge in [0, 0.05) is 4.90 Å². The standard InChI is InChI=1S/C61H51NO15S/c63-49-48(62-54(64)44-33-19-20-34-45(44)55(62)65)61(78-43-31-17-6-18-32-43)73-46(36-70-35-38-21-7-1-8-22-38)50(49)77-60-53(76-59(69)42-29-15-5-16-30-42)52(75-58(68)41-27-13-4-14-28-41)51(74-57(67)40-25-11-3-12-26-40)47(72-60)37-71-56(66)39-23-9-2-10-24-39/h1-34,46-53,60-61,63H,35-37H2/t46-,47-,48-,49-,50-,51+,52+,53-,60+,61+/m1/s1. The van der Waals surface area contributed by atoms with E-state index in [2.05, 4.69) is 0 Å². The van der Waals surface area contributed by atoms with E-state index in [0.29, 0.717) is 4.90 Å². The second-order valence-corrected chi connectivity index (χ2v) is 19.5. The molecule has 0 saturated carbocycles. The van der Waals surface area contributed by atoms with Gasteiger partial charge in [0.05, 0.1) is 46.6 Å². The first-order valence-electron chi connectivity index (χ1n) is 25.1. The predicted octanol–water partition coefficient (Wildman–Crippen LogP) is 8.39. The molecule has 78 heavy (non-hydrogen) atoms. The van der Waals surface area contributed by atoms with Crippen LogP contribution in [0.5, 0.6) is 0 Å². The van der Waals surface area contributed by atoms with E-state index in [1.807, 2.05) is 48.5 Å². The van der Waals surface area contributed by atoms with Crippen molar-refractivity contribution in [3.05, 3.63) is 245 Å². The fourth-order valence-electron chi connectivity index (χ4n) is 9.35. The molecule has 2 fully saturated rings. The minimum atomic E-state index is -1.92. The van der Waals surface area contributed by atoms with E-state index in [4.69, 9.17) is 37.9 Å². The number of hydrogen-bond donors (Lipinski definition) is 1. The van der Waals surface area contributed by atoms with Crippen molar-refractivity contribution < 1.29 is 71.8 Å². The van der Waals surface area contributed by atoms with Gasteiger partial charge in [-0.3, -0.25) is 14.5 Å². The lowest BCUT2D eigenvalue weighted by molar-refractivity contribution is -0.333. The number of carbonyl (C=O) groups excluding carboxylic acids is 6. The van der Waals surface area contributed by atoms with Gasteiger partial charge in [0.25, 0.3) is 11.8 Å². The van der Waals surface area contributed by atoms with Gasteiger partial charge in [-0.05, 0) is 78.4 Å². The molecule has 10 rings (SSSR count). The van der Waals surface area contributed by atoms with Gasteiger partial charge in [0.1, 0.15) is 42.5 Å². The molecule has 0 aromatic heterocycles. The number of aliphatic hydroxyl groups excluding tert-OH is 1. The molecular formula is C61H51NO15S. The first kappa shape index (κ1) is 53.1. The Labute approximate surface area is 452 Å². The van der Waals surface area contributed by atoms with Crippen molar-refractivity contribution >= 4 is 47.5 Å². The molecule has 2 amide bonds. The zero-order chi connectivity index (χ0) is 54.0. The number of ether oxygens (including phenoxy) is 8. The topological polar surface area (TPSA) is 200 Å². The second kappa shape index (κ2) is 24.8. The maximum atomic E-state index is 14.5. The third-order valence-corrected chi connectivity index (χ3v) is 14.3. The minimum absolute atomic E-state index is 0.0563. The average molecular weight is 1070 g/mol. The lowest BCUT2D eigenvalue weighted by atomic mass is 9.95. The summed E-state index contributed by atoms with van der Waals surface area (Å²) in [6.45, 7) is -0.847. The molecule has 0 spiro atoms. The highest BCUT2D eigenvalue weighted by Crippen LogP contribution is 2.42. The van der Waals surface area contributed by atoms with Gasteiger partial charge >= 0.3 is 23.9 Å². The third kappa shape index (κ3) is 12.1. The molecule has 3 aliphatic heterocycles. The average Bonchev–Trinajstić information content (AvgIpc) is 3.85. The molecule has 0 radical (unpaired) electrons. The summed E-state index contributed by atoms with van der Waals surface area (Å²) in [6, 6.07) is 54.9. The Bertz CT molecular complexity index is 3160. The van der Waals surface area contributed by atoms with Crippen molar-refractivity contribution in [2.75, 3.05) is 13.2 Å². The molecule has 0 bridgehead atoms. The van der Waals surface area contributed by atoms with Gasteiger partial charge in [-0.2, -0.15) is 0 Å². The van der Waals surface area contributed by atoms with Crippen LogP contribution in [-0.2, 0) is 44.5 Å². The molecule has 396 valence electrons. The number of imide groups is 1. The van der Waals surface area contributed by atoms with Crippen LogP contribution in [0.2, 0.25) is 0 Å². The molecule has 3 heterocycles. The lowest BCUT2D eigenvalue weighted by Gasteiger charge is -2.49. The van der Waals surface area contributed by atoms with E-state index in [-0.39, 0.29) is 46.6 Å². The van der Waals surface area contributed by atoms with Crippen LogP contribution in [0.3, 0.4) is 0 Å². The molecule has 0 unspecified atom stereocenters. The first-order chi connectivity index (χ1) is 38.1. The van der Waals surface area contributed by atoms with Crippen LogP contribution in [0, 0.1) is 0 Å². The molecule has 7 aromatic carbocycles. The van der Waals surface area contributed by atoms with E-state index in [0.717, 1.165) is 22.2 Å². The van der Waals surface area contributed by atoms with E-state index in [1.165, 1.54) is 60.7 Å². The van der Waals surface area contributed by atoms with Gasteiger partial charge in [-0.15, -0.1) is 0 Å². The third-order valence-electron chi connectivity index (χ3n) is 13.2. The lowest BCUT2D eigenvalue weighted by Crippen LogP contribution is -2.68. The van der Waals surface area contributed by atoms with E-state index in [9.17, 15) is 33.9 Å². The number of rotatable bonds is 18. The van der Waals surface area contributed by atoms with Crippen molar-refractivity contribution in [3.63, 3.8) is 0 Å². The second-order valence-electron chi connectivity index (χ2n) is 18.3. The number of fused-ring (bicyclic) bond motifs is 1. The molecule has 7 aromatic rings. The van der Waals surface area contributed by atoms with Gasteiger partial charge in [-0.25, -0.2) is 19.2 Å². The summed E-state index contributed by atoms with van der Waals surface area (Å²) < 4.78 is 51.6. The quantitative estimate of drug-likeness (QED) is 0.0488. The summed E-state index contributed by atoms with van der Waals surface area (Å²) in [6.07, 6.45) is -13.6. The normalized spacial score (nSPS) is 23.6. The summed E-state index contributed by atoms with van der Waals surface area (Å²) >= 11 is 1.16. The number of hydrogen-bond acceptors (Lipinski definition) is 16. The Kier molecular flexibility index (Phi) is 16.9. The predicted molar refractivity (Wildman–Crippen MR) is 281 cm³/mol. The number of aliphatic hydroxyl groups is 1. The molecular weight excluding hydrogens is 1020 g/mol. The number of benzene rings is 7. The monoisotopic (exact) mass is 1070 g/mol. The molecule has 10 atom stereocenters. The van der Waals surface area contributed by atoms with Crippen LogP contribution in [0.4, 0.5) is 0 Å². The van der Waals surface area contributed by atoms with Crippen molar-refractivity contribution in [1.82, 2.24) is 4.90 Å². The fraction of sp³-hybridized carbons (Fsp3) is 0.213. The molecule has 17 heteroatoms. The van der Waals surface area contributed by atoms with Crippen molar-refractivity contribution in [2.45, 2.75) is 72.0 Å². The number of thioether (sulfide) groups is 1. The molecule has 2 saturated heterocycles. The number of esters is 4. The van der Waals surface area contributed by atoms with Crippen LogP contribution in [0.25, 0.3) is 0 Å². The van der Waals surface area contributed by atoms with Crippen LogP contribution in [-0.4, -0.2) is 119 Å². The maximum absolute atomic E-state index is 14.5.